The van der Waals surface area contributed by atoms with Crippen molar-refractivity contribution >= 4 is 26.6 Å². The Hall–Kier alpha value is 0.809. The Bertz CT molecular complexity index is 50.0. The number of hydrogen-bond donors (Lipinski definition) is 0. The summed E-state index contributed by atoms with van der Waals surface area (Å²) in [6, 6.07) is 0. The van der Waals surface area contributed by atoms with E-state index in [0.717, 1.165) is 15.0 Å². The molecule has 7 heavy (non-hydrogen) atoms. The van der Waals surface area contributed by atoms with Crippen molar-refractivity contribution in [3.8, 4) is 0 Å². The van der Waals surface area contributed by atoms with E-state index in [1.165, 1.54) is 23.5 Å². The third-order valence-electron chi connectivity index (χ3n) is 1.15. The molecule has 0 radical (unpaired) electrons. The molecule has 0 aromatic rings. The molecule has 2 heteroatoms. The quantitative estimate of drug-likeness (QED) is 0.398. The van der Waals surface area contributed by atoms with E-state index in [1.807, 2.05) is 0 Å². The Labute approximate surface area is 55.8 Å². The summed E-state index contributed by atoms with van der Waals surface area (Å²) < 4.78 is 0. The van der Waals surface area contributed by atoms with Gasteiger partial charge in [-0.15, -0.1) is 0 Å². The summed E-state index contributed by atoms with van der Waals surface area (Å²) in [5.41, 5.74) is 0. The summed E-state index contributed by atoms with van der Waals surface area (Å²) in [5.74, 6) is 0. The monoisotopic (exact) mass is 184 g/mol. The number of halogens is 1. The van der Waals surface area contributed by atoms with Gasteiger partial charge in [-0.2, -0.15) is 0 Å². The number of alkyl halides is 1. The molecule has 0 amide bonds. The average Bonchev–Trinajstić information content (AvgIpc) is 1.69. The molecule has 1 rings (SSSR count). The van der Waals surface area contributed by atoms with Crippen LogP contribution in [0.1, 0.15) is 12.8 Å². The van der Waals surface area contributed by atoms with Crippen LogP contribution in [0.2, 0.25) is 10.6 Å². The van der Waals surface area contributed by atoms with Gasteiger partial charge in [-0.3, -0.25) is 0 Å². The van der Waals surface area contributed by atoms with Gasteiger partial charge in [0.25, 0.3) is 0 Å². The van der Waals surface area contributed by atoms with Crippen molar-refractivity contribution in [3.05, 3.63) is 0 Å². The SMILES string of the molecule is ClC1CC[Se]CC1. The minimum absolute atomic E-state index is 0.524. The van der Waals surface area contributed by atoms with Crippen LogP contribution in [0.3, 0.4) is 0 Å². The first-order valence-corrected chi connectivity index (χ1v) is 5.47. The third kappa shape index (κ3) is 2.03. The Balaban J connectivity index is 2.12. The van der Waals surface area contributed by atoms with Crippen LogP contribution in [-0.4, -0.2) is 20.3 Å². The summed E-state index contributed by atoms with van der Waals surface area (Å²) in [7, 11) is 0. The number of hydrogen-bond acceptors (Lipinski definition) is 0. The molecule has 0 aliphatic carbocycles. The van der Waals surface area contributed by atoms with E-state index in [9.17, 15) is 0 Å². The van der Waals surface area contributed by atoms with Gasteiger partial charge >= 0.3 is 55.4 Å². The maximum atomic E-state index is 5.83. The molecule has 0 saturated carbocycles. The zero-order valence-corrected chi connectivity index (χ0v) is 6.66. The van der Waals surface area contributed by atoms with Crippen LogP contribution >= 0.6 is 11.6 Å². The molecule has 0 aromatic carbocycles. The first-order chi connectivity index (χ1) is 3.39. The van der Waals surface area contributed by atoms with Gasteiger partial charge in [0.2, 0.25) is 0 Å². The Morgan fingerprint density at radius 1 is 1.29 bits per heavy atom. The predicted octanol–water partition coefficient (Wildman–Crippen LogP) is 1.93. The van der Waals surface area contributed by atoms with Crippen LogP contribution in [-0.2, 0) is 0 Å². The van der Waals surface area contributed by atoms with E-state index in [-0.39, 0.29) is 0 Å². The molecule has 0 atom stereocenters. The average molecular weight is 184 g/mol. The van der Waals surface area contributed by atoms with Crippen LogP contribution in [0.4, 0.5) is 0 Å². The Morgan fingerprint density at radius 2 is 1.86 bits per heavy atom. The molecule has 0 aromatic heterocycles. The van der Waals surface area contributed by atoms with E-state index in [1.54, 1.807) is 0 Å². The molecular formula is C5H9ClSe. The van der Waals surface area contributed by atoms with Gasteiger partial charge in [0.15, 0.2) is 0 Å². The summed E-state index contributed by atoms with van der Waals surface area (Å²) in [4.78, 5) is 0. The standard InChI is InChI=1S/C5H9ClSe/c6-5-1-3-7-4-2-5/h5H,1-4H2. The predicted molar refractivity (Wildman–Crippen MR) is 34.2 cm³/mol. The topological polar surface area (TPSA) is 0 Å². The summed E-state index contributed by atoms with van der Waals surface area (Å²) in [5, 5.41) is 3.36. The van der Waals surface area contributed by atoms with Gasteiger partial charge in [0.1, 0.15) is 0 Å². The molecule has 0 spiro atoms. The third-order valence-corrected chi connectivity index (χ3v) is 3.79. The van der Waals surface area contributed by atoms with Gasteiger partial charge in [0, 0.05) is 0 Å². The van der Waals surface area contributed by atoms with Gasteiger partial charge in [-0.05, 0) is 0 Å². The van der Waals surface area contributed by atoms with Crippen LogP contribution in [0, 0.1) is 0 Å². The Kier molecular flexibility index (Phi) is 2.51. The molecule has 0 nitrogen and oxygen atoms in total. The van der Waals surface area contributed by atoms with Crippen molar-refractivity contribution in [3.63, 3.8) is 0 Å². The van der Waals surface area contributed by atoms with Crippen LogP contribution in [0.25, 0.3) is 0 Å². The molecule has 0 N–H and O–H groups in total. The van der Waals surface area contributed by atoms with E-state index in [2.05, 4.69) is 0 Å². The zero-order valence-electron chi connectivity index (χ0n) is 4.19. The van der Waals surface area contributed by atoms with Crippen molar-refractivity contribution in [2.45, 2.75) is 28.9 Å². The molecule has 1 aliphatic rings. The molecule has 1 aliphatic heterocycles. The van der Waals surface area contributed by atoms with Crippen LogP contribution < -0.4 is 0 Å². The number of rotatable bonds is 0. The molecule has 1 fully saturated rings. The second-order valence-electron chi connectivity index (χ2n) is 1.79. The van der Waals surface area contributed by atoms with Crippen LogP contribution in [0.5, 0.6) is 0 Å². The first-order valence-electron chi connectivity index (χ1n) is 2.61. The van der Waals surface area contributed by atoms with Gasteiger partial charge in [0.05, 0.1) is 0 Å². The fraction of sp³-hybridized carbons (Fsp3) is 1.00. The summed E-state index contributed by atoms with van der Waals surface area (Å²) in [6.07, 6.45) is 2.56. The molecule has 1 saturated heterocycles. The Morgan fingerprint density at radius 3 is 2.14 bits per heavy atom. The molecule has 42 valence electrons. The normalized spacial score (nSPS) is 25.3. The van der Waals surface area contributed by atoms with Crippen molar-refractivity contribution < 1.29 is 0 Å². The van der Waals surface area contributed by atoms with Crippen molar-refractivity contribution in [2.75, 3.05) is 0 Å². The maximum absolute atomic E-state index is 5.83. The molecule has 0 bridgehead atoms. The molecule has 1 heterocycles. The van der Waals surface area contributed by atoms with Crippen molar-refractivity contribution in [1.29, 1.82) is 0 Å². The van der Waals surface area contributed by atoms with E-state index in [0.29, 0.717) is 5.38 Å². The fourth-order valence-electron chi connectivity index (χ4n) is 0.669. The fourth-order valence-corrected chi connectivity index (χ4v) is 3.80. The van der Waals surface area contributed by atoms with E-state index in [4.69, 9.17) is 11.6 Å². The second-order valence-corrected chi connectivity index (χ2v) is 4.97. The van der Waals surface area contributed by atoms with Crippen molar-refractivity contribution in [1.82, 2.24) is 0 Å². The molecule has 0 unspecified atom stereocenters. The van der Waals surface area contributed by atoms with E-state index >= 15 is 0 Å². The molecular weight excluding hydrogens is 174 g/mol. The minimum atomic E-state index is 0.524. The van der Waals surface area contributed by atoms with Gasteiger partial charge < -0.3 is 0 Å². The summed E-state index contributed by atoms with van der Waals surface area (Å²) >= 11 is 6.78. The van der Waals surface area contributed by atoms with Gasteiger partial charge in [-0.25, -0.2) is 0 Å². The van der Waals surface area contributed by atoms with Crippen LogP contribution in [0.15, 0.2) is 0 Å². The second kappa shape index (κ2) is 2.96. The van der Waals surface area contributed by atoms with Crippen molar-refractivity contribution in [2.24, 2.45) is 0 Å². The van der Waals surface area contributed by atoms with Gasteiger partial charge in [-0.1, -0.05) is 0 Å². The first kappa shape index (κ1) is 5.94. The zero-order chi connectivity index (χ0) is 5.11. The van der Waals surface area contributed by atoms with E-state index < -0.39 is 0 Å². The summed E-state index contributed by atoms with van der Waals surface area (Å²) in [6.45, 7) is 0.